The molecule has 3 aliphatic rings. The van der Waals surface area contributed by atoms with Crippen LogP contribution < -0.4 is 9.64 Å². The molecule has 3 heterocycles. The number of fused-ring (bicyclic) bond motifs is 1. The molecule has 1 spiro atoms. The van der Waals surface area contributed by atoms with Crippen molar-refractivity contribution in [1.29, 1.82) is 0 Å². The van der Waals surface area contributed by atoms with Crippen molar-refractivity contribution >= 4 is 35.2 Å². The number of rotatable bonds is 13. The minimum absolute atomic E-state index is 0.0491. The van der Waals surface area contributed by atoms with Gasteiger partial charge in [0.15, 0.2) is 0 Å². The lowest BCUT2D eigenvalue weighted by Gasteiger charge is -2.37. The largest absolute Gasteiger partial charge is 0.497 e. The van der Waals surface area contributed by atoms with Crippen LogP contribution in [0, 0.1) is 11.8 Å². The van der Waals surface area contributed by atoms with Gasteiger partial charge < -0.3 is 24.4 Å². The van der Waals surface area contributed by atoms with Crippen LogP contribution in [0.5, 0.6) is 5.75 Å². The molecule has 0 saturated carbocycles. The highest BCUT2D eigenvalue weighted by molar-refractivity contribution is 8.02. The summed E-state index contributed by atoms with van der Waals surface area (Å²) in [7, 11) is 1.59. The Morgan fingerprint density at radius 2 is 1.97 bits per heavy atom. The maximum atomic E-state index is 14.4. The molecule has 0 aliphatic carbocycles. The lowest BCUT2D eigenvalue weighted by atomic mass is 9.71. The summed E-state index contributed by atoms with van der Waals surface area (Å²) in [5.74, 6) is -1.19. The van der Waals surface area contributed by atoms with Gasteiger partial charge in [0, 0.05) is 30.6 Å². The minimum Gasteiger partial charge on any atom is -0.497 e. The Bertz CT molecular complexity index is 1030. The molecular weight excluding hydrogens is 492 g/mol. The van der Waals surface area contributed by atoms with Gasteiger partial charge in [0.05, 0.1) is 23.7 Å². The zero-order valence-electron chi connectivity index (χ0n) is 21.3. The Morgan fingerprint density at radius 3 is 2.62 bits per heavy atom. The number of esters is 1. The maximum absolute atomic E-state index is 14.4. The quantitative estimate of drug-likeness (QED) is 0.239. The van der Waals surface area contributed by atoms with Crippen molar-refractivity contribution in [2.24, 2.45) is 11.8 Å². The number of unbranched alkanes of at least 4 members (excludes halogenated alkanes) is 2. The third-order valence-corrected chi connectivity index (χ3v) is 9.62. The van der Waals surface area contributed by atoms with Crippen LogP contribution >= 0.6 is 11.8 Å². The predicted molar refractivity (Wildman–Crippen MR) is 143 cm³/mol. The fourth-order valence-electron chi connectivity index (χ4n) is 6.11. The zero-order valence-corrected chi connectivity index (χ0v) is 22.2. The molecule has 3 saturated heterocycles. The molecule has 1 aromatic rings. The molecule has 8 nitrogen and oxygen atoms in total. The molecule has 0 radical (unpaired) electrons. The standard InChI is InChI=1S/C28H36N2O6S/c1-4-15-29(19-9-11-20(35-3)12-10-19)26(33)24-28-14-13-21(37-28)22(27(34)36-18-5-2)23(28)25(32)30(24)16-7-6-8-17-31/h4-5,9-12,21-24,31H,1-2,6-8,13-18H2,3H3/t21-,22+,23+,24?,28?/m1/s1. The first-order valence-electron chi connectivity index (χ1n) is 12.9. The first-order chi connectivity index (χ1) is 17.9. The highest BCUT2D eigenvalue weighted by Crippen LogP contribution is 2.66. The summed E-state index contributed by atoms with van der Waals surface area (Å²) in [5.41, 5.74) is 0.692. The summed E-state index contributed by atoms with van der Waals surface area (Å²) in [6.07, 6.45) is 6.70. The van der Waals surface area contributed by atoms with Crippen molar-refractivity contribution < 1.29 is 29.0 Å². The zero-order chi connectivity index (χ0) is 26.6. The average Bonchev–Trinajstić information content (AvgIpc) is 3.55. The van der Waals surface area contributed by atoms with Crippen molar-refractivity contribution in [1.82, 2.24) is 4.90 Å². The predicted octanol–water partition coefficient (Wildman–Crippen LogP) is 3.20. The third-order valence-electron chi connectivity index (χ3n) is 7.67. The summed E-state index contributed by atoms with van der Waals surface area (Å²) < 4.78 is 10.0. The van der Waals surface area contributed by atoms with Gasteiger partial charge in [-0.3, -0.25) is 14.4 Å². The van der Waals surface area contributed by atoms with E-state index >= 15 is 0 Å². The second-order valence-electron chi connectivity index (χ2n) is 9.73. The molecule has 9 heteroatoms. The highest BCUT2D eigenvalue weighted by atomic mass is 32.2. The molecule has 2 amide bonds. The lowest BCUT2D eigenvalue weighted by molar-refractivity contribution is -0.153. The van der Waals surface area contributed by atoms with Gasteiger partial charge in [-0.25, -0.2) is 0 Å². The second kappa shape index (κ2) is 11.7. The summed E-state index contributed by atoms with van der Waals surface area (Å²) in [6, 6.07) is 6.55. The van der Waals surface area contributed by atoms with E-state index in [9.17, 15) is 19.5 Å². The summed E-state index contributed by atoms with van der Waals surface area (Å²) in [4.78, 5) is 44.8. The van der Waals surface area contributed by atoms with Gasteiger partial charge in [0.25, 0.3) is 5.91 Å². The number of ether oxygens (including phenoxy) is 2. The number of hydrogen-bond acceptors (Lipinski definition) is 7. The Morgan fingerprint density at radius 1 is 1.22 bits per heavy atom. The van der Waals surface area contributed by atoms with E-state index in [1.165, 1.54) is 6.08 Å². The van der Waals surface area contributed by atoms with Gasteiger partial charge >= 0.3 is 5.97 Å². The number of aliphatic hydroxyl groups excluding tert-OH is 1. The van der Waals surface area contributed by atoms with Crippen LogP contribution in [-0.4, -0.2) is 77.2 Å². The van der Waals surface area contributed by atoms with E-state index in [0.29, 0.717) is 37.2 Å². The average molecular weight is 529 g/mol. The number of methoxy groups -OCH3 is 1. The van der Waals surface area contributed by atoms with E-state index in [4.69, 9.17) is 9.47 Å². The first kappa shape index (κ1) is 27.3. The number of amides is 2. The van der Waals surface area contributed by atoms with Gasteiger partial charge in [0.2, 0.25) is 5.91 Å². The normalized spacial score (nSPS) is 27.6. The molecule has 1 N–H and O–H groups in total. The number of nitrogens with zero attached hydrogens (tertiary/aromatic N) is 2. The van der Waals surface area contributed by atoms with Crippen molar-refractivity contribution in [2.45, 2.75) is 48.1 Å². The maximum Gasteiger partial charge on any atom is 0.311 e. The van der Waals surface area contributed by atoms with Crippen molar-refractivity contribution in [3.05, 3.63) is 49.6 Å². The fourth-order valence-corrected chi connectivity index (χ4v) is 8.31. The highest BCUT2D eigenvalue weighted by Gasteiger charge is 2.74. The van der Waals surface area contributed by atoms with E-state index in [-0.39, 0.29) is 42.8 Å². The number of thioether (sulfide) groups is 1. The van der Waals surface area contributed by atoms with Gasteiger partial charge in [-0.2, -0.15) is 0 Å². The van der Waals surface area contributed by atoms with Crippen LogP contribution in [0.3, 0.4) is 0 Å². The molecular formula is C28H36N2O6S. The summed E-state index contributed by atoms with van der Waals surface area (Å²) in [5, 5.41) is 9.16. The molecule has 5 atom stereocenters. The van der Waals surface area contributed by atoms with Crippen LogP contribution in [0.4, 0.5) is 5.69 Å². The van der Waals surface area contributed by atoms with Crippen LogP contribution in [0.15, 0.2) is 49.6 Å². The van der Waals surface area contributed by atoms with Crippen molar-refractivity contribution in [3.8, 4) is 5.75 Å². The van der Waals surface area contributed by atoms with Gasteiger partial charge in [-0.05, 0) is 56.4 Å². The van der Waals surface area contributed by atoms with E-state index in [0.717, 1.165) is 12.8 Å². The summed E-state index contributed by atoms with van der Waals surface area (Å²) >= 11 is 1.62. The van der Waals surface area contributed by atoms with Gasteiger partial charge in [-0.1, -0.05) is 18.7 Å². The number of aliphatic hydroxyl groups is 1. The Kier molecular flexibility index (Phi) is 8.64. The van der Waals surface area contributed by atoms with Gasteiger partial charge in [0.1, 0.15) is 18.4 Å². The number of carbonyl (C=O) groups is 3. The van der Waals surface area contributed by atoms with E-state index in [1.807, 2.05) is 12.1 Å². The monoisotopic (exact) mass is 528 g/mol. The number of benzene rings is 1. The first-order valence-corrected chi connectivity index (χ1v) is 13.7. The molecule has 3 fully saturated rings. The number of likely N-dealkylation sites (tertiary alicyclic amines) is 1. The Hall–Kier alpha value is -2.78. The molecule has 1 aromatic carbocycles. The lowest BCUT2D eigenvalue weighted by Crippen LogP contribution is -2.55. The smallest absolute Gasteiger partial charge is 0.311 e. The molecule has 4 rings (SSSR count). The molecule has 2 unspecified atom stereocenters. The molecule has 37 heavy (non-hydrogen) atoms. The minimum atomic E-state index is -0.701. The molecule has 3 aliphatic heterocycles. The number of anilines is 1. The number of hydrogen-bond donors (Lipinski definition) is 1. The Balaban J connectivity index is 1.70. The van der Waals surface area contributed by atoms with Gasteiger partial charge in [-0.15, -0.1) is 18.3 Å². The van der Waals surface area contributed by atoms with Crippen LogP contribution in [0.25, 0.3) is 0 Å². The SMILES string of the molecule is C=CCOC(=O)[C@@H]1[C@H]2C(=O)N(CCCCCO)C(C(=O)N(CC=C)c3ccc(OC)cc3)C23CC[C@H]1S3. The van der Waals surface area contributed by atoms with E-state index in [2.05, 4.69) is 13.2 Å². The van der Waals surface area contributed by atoms with Crippen molar-refractivity contribution in [3.63, 3.8) is 0 Å². The number of carbonyl (C=O) groups excluding carboxylic acids is 3. The van der Waals surface area contributed by atoms with Crippen LogP contribution in [-0.2, 0) is 19.1 Å². The molecule has 200 valence electrons. The van der Waals surface area contributed by atoms with Crippen LogP contribution in [0.2, 0.25) is 0 Å². The molecule has 0 aromatic heterocycles. The third kappa shape index (κ3) is 4.91. The molecule has 2 bridgehead atoms. The van der Waals surface area contributed by atoms with Crippen molar-refractivity contribution in [2.75, 3.05) is 38.3 Å². The van der Waals surface area contributed by atoms with Crippen LogP contribution in [0.1, 0.15) is 32.1 Å². The topological polar surface area (TPSA) is 96.4 Å². The van der Waals surface area contributed by atoms with E-state index in [1.54, 1.807) is 46.9 Å². The summed E-state index contributed by atoms with van der Waals surface area (Å²) in [6.45, 7) is 8.34. The Labute approximate surface area is 222 Å². The van der Waals surface area contributed by atoms with E-state index < -0.39 is 22.6 Å². The fraction of sp³-hybridized carbons (Fsp3) is 0.536. The second-order valence-corrected chi connectivity index (χ2v) is 11.3.